The first-order chi connectivity index (χ1) is 34.2. The van der Waals surface area contributed by atoms with E-state index in [1.54, 1.807) is 0 Å². The van der Waals surface area contributed by atoms with Crippen LogP contribution in [0.4, 0.5) is 17.1 Å². The zero-order chi connectivity index (χ0) is 46.2. The van der Waals surface area contributed by atoms with Gasteiger partial charge in [-0.2, -0.15) is 0 Å². The molecule has 0 spiro atoms. The molecule has 0 unspecified atom stereocenters. The Kier molecular flexibility index (Phi) is 12.4. The molecule has 328 valence electrons. The van der Waals surface area contributed by atoms with Gasteiger partial charge in [0.15, 0.2) is 0 Å². The van der Waals surface area contributed by atoms with Gasteiger partial charge in [0.1, 0.15) is 0 Å². The van der Waals surface area contributed by atoms with Crippen LogP contribution >= 0.6 is 0 Å². The minimum atomic E-state index is 0.212. The van der Waals surface area contributed by atoms with E-state index in [0.717, 1.165) is 23.5 Å². The molecular weight excluding hydrogens is 831 g/mol. The molecule has 0 saturated carbocycles. The van der Waals surface area contributed by atoms with Crippen LogP contribution in [0.5, 0.6) is 0 Å². The molecule has 0 saturated heterocycles. The van der Waals surface area contributed by atoms with Gasteiger partial charge in [-0.1, -0.05) is 255 Å². The summed E-state index contributed by atoms with van der Waals surface area (Å²) < 4.78 is 0. The second kappa shape index (κ2) is 20.0. The maximum absolute atomic E-state index is 2.34. The monoisotopic (exact) mass is 881 g/mol. The highest BCUT2D eigenvalue weighted by molar-refractivity contribution is 5.81. The van der Waals surface area contributed by atoms with Crippen LogP contribution in [0, 0.1) is 0 Å². The molecule has 11 rings (SSSR count). The van der Waals surface area contributed by atoms with Crippen molar-refractivity contribution in [3.8, 4) is 66.8 Å². The third kappa shape index (κ3) is 9.72. The van der Waals surface area contributed by atoms with Crippen LogP contribution in [-0.2, 0) is 6.42 Å². The molecule has 0 aliphatic rings. The highest BCUT2D eigenvalue weighted by atomic mass is 15.1. The number of rotatable bonds is 13. The van der Waals surface area contributed by atoms with E-state index in [2.05, 4.69) is 296 Å². The molecule has 0 radical (unpaired) electrons. The predicted molar refractivity (Wildman–Crippen MR) is 292 cm³/mol. The Morgan fingerprint density at radius 1 is 0.203 bits per heavy atom. The van der Waals surface area contributed by atoms with Crippen molar-refractivity contribution in [2.45, 2.75) is 12.3 Å². The molecule has 11 aromatic carbocycles. The Labute approximate surface area is 406 Å². The fraction of sp³-hybridized carbons (Fsp3) is 0.0294. The lowest BCUT2D eigenvalue weighted by molar-refractivity contribution is 0.805. The van der Waals surface area contributed by atoms with E-state index in [1.807, 2.05) is 0 Å². The lowest BCUT2D eigenvalue weighted by Gasteiger charge is -2.26. The topological polar surface area (TPSA) is 3.24 Å². The van der Waals surface area contributed by atoms with Crippen molar-refractivity contribution in [3.05, 3.63) is 308 Å². The maximum atomic E-state index is 2.34. The van der Waals surface area contributed by atoms with Crippen LogP contribution in [0.3, 0.4) is 0 Å². The van der Waals surface area contributed by atoms with Gasteiger partial charge in [-0.15, -0.1) is 0 Å². The molecule has 0 fully saturated rings. The first-order valence-electron chi connectivity index (χ1n) is 23.9. The molecule has 0 aliphatic carbocycles. The van der Waals surface area contributed by atoms with E-state index < -0.39 is 0 Å². The summed E-state index contributed by atoms with van der Waals surface area (Å²) in [7, 11) is 0. The molecule has 0 aromatic heterocycles. The minimum absolute atomic E-state index is 0.212. The molecule has 0 heterocycles. The number of hydrogen-bond acceptors (Lipinski definition) is 1. The summed E-state index contributed by atoms with van der Waals surface area (Å²) in [6.45, 7) is 0. The van der Waals surface area contributed by atoms with E-state index in [0.29, 0.717) is 0 Å². The molecule has 0 amide bonds. The summed E-state index contributed by atoms with van der Waals surface area (Å²) in [5.74, 6) is 0.212. The van der Waals surface area contributed by atoms with Crippen molar-refractivity contribution in [1.29, 1.82) is 0 Å². The lowest BCUT2D eigenvalue weighted by atomic mass is 9.84. The van der Waals surface area contributed by atoms with Gasteiger partial charge in [-0.25, -0.2) is 0 Å². The number of anilines is 3. The number of nitrogens with zero attached hydrogens (tertiary/aromatic N) is 1. The van der Waals surface area contributed by atoms with Crippen molar-refractivity contribution in [1.82, 2.24) is 0 Å². The summed E-state index contributed by atoms with van der Waals surface area (Å²) in [5, 5.41) is 0. The summed E-state index contributed by atoms with van der Waals surface area (Å²) in [6.07, 6.45) is 0.903. The van der Waals surface area contributed by atoms with Gasteiger partial charge in [0.2, 0.25) is 0 Å². The minimum Gasteiger partial charge on any atom is -0.311 e. The van der Waals surface area contributed by atoms with E-state index in [4.69, 9.17) is 0 Å². The Hall–Kier alpha value is -8.78. The van der Waals surface area contributed by atoms with Gasteiger partial charge >= 0.3 is 0 Å². The molecule has 0 atom stereocenters. The van der Waals surface area contributed by atoms with E-state index in [9.17, 15) is 0 Å². The van der Waals surface area contributed by atoms with Crippen LogP contribution in [0.2, 0.25) is 0 Å². The lowest BCUT2D eigenvalue weighted by Crippen LogP contribution is -2.09. The van der Waals surface area contributed by atoms with Gasteiger partial charge in [0.25, 0.3) is 0 Å². The molecule has 1 heteroatoms. The quantitative estimate of drug-likeness (QED) is 0.112. The molecule has 11 aromatic rings. The van der Waals surface area contributed by atoms with Crippen molar-refractivity contribution >= 4 is 17.1 Å². The predicted octanol–water partition coefficient (Wildman–Crippen LogP) is 18.5. The summed E-state index contributed by atoms with van der Waals surface area (Å²) in [4.78, 5) is 2.34. The van der Waals surface area contributed by atoms with Crippen molar-refractivity contribution in [2.75, 3.05) is 4.90 Å². The Balaban J connectivity index is 0.823. The van der Waals surface area contributed by atoms with Crippen molar-refractivity contribution in [2.24, 2.45) is 0 Å². The van der Waals surface area contributed by atoms with Crippen LogP contribution in [0.1, 0.15) is 22.6 Å². The van der Waals surface area contributed by atoms with Crippen LogP contribution in [0.15, 0.2) is 291 Å². The van der Waals surface area contributed by atoms with Gasteiger partial charge in [-0.05, 0) is 126 Å². The fourth-order valence-electron chi connectivity index (χ4n) is 9.55. The van der Waals surface area contributed by atoms with Crippen LogP contribution in [0.25, 0.3) is 66.8 Å². The third-order valence-electron chi connectivity index (χ3n) is 13.4. The average Bonchev–Trinajstić information content (AvgIpc) is 3.44. The number of hydrogen-bond donors (Lipinski definition) is 0. The third-order valence-corrected chi connectivity index (χ3v) is 13.4. The Morgan fingerprint density at radius 3 is 0.667 bits per heavy atom. The fourth-order valence-corrected chi connectivity index (χ4v) is 9.55. The van der Waals surface area contributed by atoms with E-state index in [1.165, 1.54) is 83.5 Å². The molecule has 69 heavy (non-hydrogen) atoms. The number of benzene rings is 11. The molecular formula is C68H51N. The summed E-state index contributed by atoms with van der Waals surface area (Å²) in [5.41, 5.74) is 21.8. The second-order valence-corrected chi connectivity index (χ2v) is 17.7. The van der Waals surface area contributed by atoms with E-state index >= 15 is 0 Å². The van der Waals surface area contributed by atoms with Gasteiger partial charge in [0.05, 0.1) is 0 Å². The Bertz CT molecular complexity index is 3180. The largest absolute Gasteiger partial charge is 0.311 e. The summed E-state index contributed by atoms with van der Waals surface area (Å²) >= 11 is 0. The summed E-state index contributed by atoms with van der Waals surface area (Å²) in [6, 6.07) is 106. The SMILES string of the molecule is c1ccc(-c2ccc(C(Cc3ccc(-c4ccc(-c5ccc(N(c6ccc(-c7ccccc7)cc6)c6ccc(-c7ccccc7)cc6)cc5)cc4)cc3)c3ccc(-c4ccccc4)cc3)cc2)cc1. The molecule has 0 bridgehead atoms. The molecule has 0 aliphatic heterocycles. The normalized spacial score (nSPS) is 11.1. The van der Waals surface area contributed by atoms with E-state index in [-0.39, 0.29) is 5.92 Å². The molecule has 0 N–H and O–H groups in total. The zero-order valence-corrected chi connectivity index (χ0v) is 38.4. The smallest absolute Gasteiger partial charge is 0.0462 e. The van der Waals surface area contributed by atoms with Crippen molar-refractivity contribution in [3.63, 3.8) is 0 Å². The van der Waals surface area contributed by atoms with Gasteiger partial charge in [-0.3, -0.25) is 0 Å². The average molecular weight is 882 g/mol. The zero-order valence-electron chi connectivity index (χ0n) is 38.4. The Morgan fingerprint density at radius 2 is 0.406 bits per heavy atom. The first-order valence-corrected chi connectivity index (χ1v) is 23.9. The molecule has 1 nitrogen and oxygen atoms in total. The van der Waals surface area contributed by atoms with Crippen LogP contribution < -0.4 is 4.90 Å². The highest BCUT2D eigenvalue weighted by Gasteiger charge is 2.18. The van der Waals surface area contributed by atoms with Gasteiger partial charge in [0, 0.05) is 23.0 Å². The second-order valence-electron chi connectivity index (χ2n) is 17.7. The maximum Gasteiger partial charge on any atom is 0.0462 e. The van der Waals surface area contributed by atoms with Gasteiger partial charge < -0.3 is 4.90 Å². The first kappa shape index (κ1) is 42.8. The standard InChI is InChI=1S/C68H51N/c1-5-13-51(14-6-1)56-29-33-63(34-30-56)68(64-35-31-57(32-36-64)52-15-7-2-8-16-52)49-50-21-23-55(24-22-50)58-25-27-59(28-26-58)62-41-47-67(48-42-62)69(65-43-37-60(38-44-65)53-17-9-3-10-18-53)66-45-39-61(40-46-66)54-19-11-4-12-20-54/h1-48,68H,49H2. The highest BCUT2D eigenvalue weighted by Crippen LogP contribution is 2.39. The van der Waals surface area contributed by atoms with Crippen molar-refractivity contribution < 1.29 is 0 Å². The van der Waals surface area contributed by atoms with Crippen LogP contribution in [-0.4, -0.2) is 0 Å².